The number of aliphatic hydroxyl groups excluding tert-OH is 2. The number of aliphatic hydroxyl groups is 2. The smallest absolute Gasteiger partial charge is 0.258 e. The summed E-state index contributed by atoms with van der Waals surface area (Å²) in [7, 11) is 4.62. The highest BCUT2D eigenvalue weighted by atomic mass is 35.5. The van der Waals surface area contributed by atoms with Gasteiger partial charge in [0.25, 0.3) is 11.8 Å². The molecule has 7 aromatic carbocycles. The molecule has 2 aliphatic heterocycles. The molecule has 97 heavy (non-hydrogen) atoms. The van der Waals surface area contributed by atoms with Crippen molar-refractivity contribution in [3.63, 3.8) is 0 Å². The number of nitrogens with zero attached hydrogens (tertiary/aromatic N) is 3. The van der Waals surface area contributed by atoms with E-state index in [4.69, 9.17) is 44.8 Å². The lowest BCUT2D eigenvalue weighted by atomic mass is 9.88. The summed E-state index contributed by atoms with van der Waals surface area (Å²) in [6.45, 7) is 3.65. The number of methoxy groups -OCH3 is 3. The summed E-state index contributed by atoms with van der Waals surface area (Å²) >= 11 is 6.03. The minimum Gasteiger partial charge on any atom is -0.497 e. The quantitative estimate of drug-likeness (QED) is 0.0329. The van der Waals surface area contributed by atoms with E-state index < -0.39 is 30.2 Å². The van der Waals surface area contributed by atoms with Gasteiger partial charge in [0, 0.05) is 68.6 Å². The lowest BCUT2D eigenvalue weighted by Gasteiger charge is -2.36. The van der Waals surface area contributed by atoms with Gasteiger partial charge in [0.2, 0.25) is 30.3 Å². The third-order valence-electron chi connectivity index (χ3n) is 17.9. The van der Waals surface area contributed by atoms with Crippen LogP contribution in [0.2, 0.25) is 5.02 Å². The van der Waals surface area contributed by atoms with E-state index in [9.17, 15) is 34.2 Å². The maximum Gasteiger partial charge on any atom is 0.258 e. The second-order valence-electron chi connectivity index (χ2n) is 24.7. The van der Waals surface area contributed by atoms with Gasteiger partial charge in [-0.2, -0.15) is 0 Å². The monoisotopic (exact) mass is 1340 g/mol. The Labute approximate surface area is 573 Å². The number of rotatable bonds is 30. The number of carbonyl (C=O) groups excluding carboxylic acids is 5. The first kappa shape index (κ1) is 72.0. The van der Waals surface area contributed by atoms with Crippen molar-refractivity contribution in [3.05, 3.63) is 208 Å². The summed E-state index contributed by atoms with van der Waals surface area (Å²) < 4.78 is 39.3. The molecule has 4 N–H and O–H groups in total. The van der Waals surface area contributed by atoms with E-state index in [1.54, 1.807) is 58.2 Å². The first-order valence-corrected chi connectivity index (χ1v) is 33.7. The normalized spacial score (nSPS) is 14.9. The Hall–Kier alpha value is -9.30. The molecule has 10 rings (SSSR count). The van der Waals surface area contributed by atoms with Gasteiger partial charge in [0.15, 0.2) is 29.6 Å². The predicted molar refractivity (Wildman–Crippen MR) is 370 cm³/mol. The minimum absolute atomic E-state index is 0.00919. The van der Waals surface area contributed by atoms with Crippen molar-refractivity contribution >= 4 is 41.1 Å². The lowest BCUT2D eigenvalue weighted by molar-refractivity contribution is -0.141. The van der Waals surface area contributed by atoms with Crippen LogP contribution in [0.15, 0.2) is 170 Å². The van der Waals surface area contributed by atoms with Gasteiger partial charge in [-0.25, -0.2) is 0 Å². The number of amides is 5. The Morgan fingerprint density at radius 1 is 0.557 bits per heavy atom. The van der Waals surface area contributed by atoms with Gasteiger partial charge in [-0.3, -0.25) is 24.0 Å². The third-order valence-corrected chi connectivity index (χ3v) is 18.2. The molecule has 1 saturated heterocycles. The SMILES string of the molecule is COc1cc(C(=O)N[C@@H](Cc2ccccc2)[C@@H](O)CN(CCc2ccc3c(c2)OCO3)C(=O)C2CCN(C(C)=O)CC2)cc(OC)c1OCc1ccccc1.COc1ccc(CCN(C[C@H](O)[C@H](Cc2ccccc2)NC(=O)COc2cccc(Cl)c2)C(=O)C2CCCCC2)cc1. The zero-order chi connectivity index (χ0) is 68.5. The molecular formula is C77H90ClN5O14. The summed E-state index contributed by atoms with van der Waals surface area (Å²) in [4.78, 5) is 72.2. The zero-order valence-corrected chi connectivity index (χ0v) is 56.5. The molecule has 0 bridgehead atoms. The van der Waals surface area contributed by atoms with Gasteiger partial charge < -0.3 is 68.7 Å². The topological polar surface area (TPSA) is 224 Å². The molecule has 20 heteroatoms. The largest absolute Gasteiger partial charge is 0.497 e. The van der Waals surface area contributed by atoms with E-state index in [2.05, 4.69) is 10.6 Å². The molecular weight excluding hydrogens is 1250 g/mol. The summed E-state index contributed by atoms with van der Waals surface area (Å²) in [5.74, 6) is 2.41. The summed E-state index contributed by atoms with van der Waals surface area (Å²) in [5.41, 5.74) is 5.12. The molecule has 0 spiro atoms. The Kier molecular flexibility index (Phi) is 27.2. The van der Waals surface area contributed by atoms with Crippen LogP contribution in [-0.2, 0) is 51.5 Å². The first-order chi connectivity index (χ1) is 47.1. The van der Waals surface area contributed by atoms with Gasteiger partial charge >= 0.3 is 0 Å². The molecule has 2 fully saturated rings. The minimum atomic E-state index is -1.14. The highest BCUT2D eigenvalue weighted by Gasteiger charge is 2.34. The highest BCUT2D eigenvalue weighted by Crippen LogP contribution is 2.40. The number of halogens is 1. The van der Waals surface area contributed by atoms with Crippen LogP contribution in [0.25, 0.3) is 0 Å². The van der Waals surface area contributed by atoms with Gasteiger partial charge in [0.05, 0.1) is 45.6 Å². The van der Waals surface area contributed by atoms with Crippen molar-refractivity contribution < 1.29 is 67.3 Å². The van der Waals surface area contributed by atoms with Gasteiger partial charge in [-0.15, -0.1) is 0 Å². The molecule has 7 aromatic rings. The lowest BCUT2D eigenvalue weighted by Crippen LogP contribution is -2.52. The van der Waals surface area contributed by atoms with Crippen LogP contribution in [-0.4, -0.2) is 153 Å². The van der Waals surface area contributed by atoms with Crippen LogP contribution in [0.5, 0.6) is 40.2 Å². The first-order valence-electron chi connectivity index (χ1n) is 33.3. The standard InChI is InChI=1S/C43H49N3O9.C34H41ClN2O5/c1-29(47)45-20-17-33(18-21-45)43(50)46(19-16-31-14-15-37-38(23-31)55-28-54-37)26-36(48)35(22-30-10-6-4-7-11-30)44-42(49)34-24-39(51-2)41(40(25-34)52-3)53-27-32-12-8-5-9-13-32;1-41-29-17-15-25(16-18-29)19-20-37(34(40)27-11-6-3-7-12-27)23-32(38)31(21-26-9-4-2-5-10-26)36-33(39)24-42-30-14-8-13-28(35)22-30/h4-15,23-25,33,35-36,48H,16-22,26-28H2,1-3H3,(H,44,49);2,4-5,8-10,13-18,22,27,31-32,38H,3,6-7,11-12,19-21,23-24H2,1H3,(H,36,39)/t35-,36-;31-,32-/m00/s1. The molecule has 0 radical (unpaired) electrons. The van der Waals surface area contributed by atoms with Crippen LogP contribution >= 0.6 is 11.6 Å². The number of hydrogen-bond donors (Lipinski definition) is 4. The number of nitrogens with one attached hydrogen (secondary N) is 2. The van der Waals surface area contributed by atoms with E-state index in [1.807, 2.05) is 133 Å². The van der Waals surface area contributed by atoms with Crippen LogP contribution in [0.3, 0.4) is 0 Å². The van der Waals surface area contributed by atoms with E-state index in [0.717, 1.165) is 65.7 Å². The fourth-order valence-electron chi connectivity index (χ4n) is 12.4. The zero-order valence-electron chi connectivity index (χ0n) is 55.8. The molecule has 5 amide bonds. The second kappa shape index (κ2) is 36.7. The summed E-state index contributed by atoms with van der Waals surface area (Å²) in [6.07, 6.45) is 5.82. The number of benzene rings is 7. The number of ether oxygens (including phenoxy) is 7. The molecule has 3 aliphatic rings. The predicted octanol–water partition coefficient (Wildman–Crippen LogP) is 10.5. The molecule has 0 aromatic heterocycles. The number of carbonyl (C=O) groups is 5. The molecule has 1 aliphatic carbocycles. The second-order valence-corrected chi connectivity index (χ2v) is 25.2. The van der Waals surface area contributed by atoms with E-state index in [-0.39, 0.29) is 74.1 Å². The van der Waals surface area contributed by atoms with Crippen LogP contribution < -0.4 is 43.8 Å². The molecule has 0 unspecified atom stereocenters. The van der Waals surface area contributed by atoms with Crippen molar-refractivity contribution in [3.8, 4) is 40.2 Å². The number of fused-ring (bicyclic) bond motifs is 1. The van der Waals surface area contributed by atoms with E-state index >= 15 is 0 Å². The van der Waals surface area contributed by atoms with Crippen molar-refractivity contribution in [1.82, 2.24) is 25.3 Å². The molecule has 1 saturated carbocycles. The van der Waals surface area contributed by atoms with Crippen LogP contribution in [0.1, 0.15) is 90.0 Å². The average Bonchev–Trinajstić information content (AvgIpc) is 1.43. The fraction of sp³-hybridized carbons (Fsp3) is 0.390. The molecule has 514 valence electrons. The Morgan fingerprint density at radius 2 is 1.09 bits per heavy atom. The Balaban J connectivity index is 0.000000236. The fourth-order valence-corrected chi connectivity index (χ4v) is 12.6. The van der Waals surface area contributed by atoms with Crippen molar-refractivity contribution in [2.75, 3.05) is 74.0 Å². The molecule has 2 heterocycles. The number of piperidine rings is 1. The Morgan fingerprint density at radius 3 is 1.65 bits per heavy atom. The maximum atomic E-state index is 14.2. The van der Waals surface area contributed by atoms with E-state index in [0.29, 0.717) is 104 Å². The van der Waals surface area contributed by atoms with Crippen molar-refractivity contribution in [2.45, 2.75) is 108 Å². The summed E-state index contributed by atoms with van der Waals surface area (Å²) in [6, 6.07) is 51.1. The Bertz CT molecular complexity index is 3620. The highest BCUT2D eigenvalue weighted by molar-refractivity contribution is 6.30. The van der Waals surface area contributed by atoms with Gasteiger partial charge in [0.1, 0.15) is 18.1 Å². The van der Waals surface area contributed by atoms with Crippen molar-refractivity contribution in [2.24, 2.45) is 11.8 Å². The van der Waals surface area contributed by atoms with Crippen molar-refractivity contribution in [1.29, 1.82) is 0 Å². The van der Waals surface area contributed by atoms with Crippen LogP contribution in [0.4, 0.5) is 0 Å². The number of likely N-dealkylation sites (tertiary alicyclic amines) is 1. The third kappa shape index (κ3) is 21.6. The average molecular weight is 1350 g/mol. The number of hydrogen-bond acceptors (Lipinski definition) is 14. The maximum absolute atomic E-state index is 14.2. The van der Waals surface area contributed by atoms with E-state index in [1.165, 1.54) is 21.1 Å². The molecule has 19 nitrogen and oxygen atoms in total. The summed E-state index contributed by atoms with van der Waals surface area (Å²) in [5, 5.41) is 30.0. The molecule has 4 atom stereocenters. The van der Waals surface area contributed by atoms with Gasteiger partial charge in [-0.05, 0) is 134 Å². The van der Waals surface area contributed by atoms with Gasteiger partial charge in [-0.1, -0.05) is 146 Å². The van der Waals surface area contributed by atoms with Crippen LogP contribution in [0, 0.1) is 11.8 Å².